The molecule has 0 spiro atoms. The Morgan fingerprint density at radius 1 is 0.923 bits per heavy atom. The van der Waals surface area contributed by atoms with Gasteiger partial charge < -0.3 is 23.9 Å². The zero-order chi connectivity index (χ0) is 27.7. The van der Waals surface area contributed by atoms with Gasteiger partial charge in [0.1, 0.15) is 28.6 Å². The number of phenols is 1. The molecule has 204 valence electrons. The Balaban J connectivity index is 1.46. The van der Waals surface area contributed by atoms with E-state index in [1.165, 1.54) is 55.6 Å². The summed E-state index contributed by atoms with van der Waals surface area (Å²) in [6.45, 7) is 2.24. The molecule has 1 N–H and O–H groups in total. The molecule has 1 aromatic heterocycles. The van der Waals surface area contributed by atoms with Gasteiger partial charge in [-0.05, 0) is 60.7 Å². The van der Waals surface area contributed by atoms with E-state index < -0.39 is 23.1 Å². The molecule has 2 heterocycles. The van der Waals surface area contributed by atoms with Gasteiger partial charge in [0, 0.05) is 38.4 Å². The maximum Gasteiger partial charge on any atom is 0.453 e. The number of alkyl halides is 3. The van der Waals surface area contributed by atoms with Crippen molar-refractivity contribution in [2.24, 2.45) is 0 Å². The summed E-state index contributed by atoms with van der Waals surface area (Å²) in [5.41, 5.74) is -0.437. The van der Waals surface area contributed by atoms with Crippen LogP contribution in [0.3, 0.4) is 0 Å². The number of nitrogens with zero attached hydrogens (tertiary/aromatic N) is 2. The molecule has 7 nitrogen and oxygen atoms in total. The minimum atomic E-state index is -5.04. The highest BCUT2D eigenvalue weighted by Crippen LogP contribution is 2.40. The number of piperazine rings is 1. The number of fused-ring (bicyclic) bond motifs is 1. The highest BCUT2D eigenvalue weighted by atomic mass is 19.4. The summed E-state index contributed by atoms with van der Waals surface area (Å²) in [4.78, 5) is 17.3. The number of hydrogen-bond acceptors (Lipinski definition) is 7. The third-order valence-electron chi connectivity index (χ3n) is 6.58. The summed E-state index contributed by atoms with van der Waals surface area (Å²) in [5, 5.41) is 10.4. The molecule has 5 rings (SSSR count). The van der Waals surface area contributed by atoms with E-state index in [4.69, 9.17) is 13.9 Å². The Hall–Kier alpha value is -4.25. The summed E-state index contributed by atoms with van der Waals surface area (Å²) < 4.78 is 71.2. The number of halogens is 4. The Morgan fingerprint density at radius 3 is 2.18 bits per heavy atom. The molecule has 4 aromatic rings. The van der Waals surface area contributed by atoms with Crippen LogP contribution in [0.1, 0.15) is 11.3 Å². The summed E-state index contributed by atoms with van der Waals surface area (Å²) in [6.07, 6.45) is -5.04. The zero-order valence-corrected chi connectivity index (χ0v) is 20.8. The van der Waals surface area contributed by atoms with Crippen molar-refractivity contribution in [2.45, 2.75) is 12.7 Å². The minimum Gasteiger partial charge on any atom is -0.507 e. The molecule has 1 aliphatic heterocycles. The first kappa shape index (κ1) is 26.4. The summed E-state index contributed by atoms with van der Waals surface area (Å²) >= 11 is 0. The fourth-order valence-electron chi connectivity index (χ4n) is 4.52. The third kappa shape index (κ3) is 5.49. The van der Waals surface area contributed by atoms with Crippen molar-refractivity contribution >= 4 is 16.7 Å². The molecule has 0 radical (unpaired) electrons. The summed E-state index contributed by atoms with van der Waals surface area (Å²) in [6, 6.07) is 14.3. The number of rotatable bonds is 6. The van der Waals surface area contributed by atoms with E-state index in [2.05, 4.69) is 4.90 Å². The van der Waals surface area contributed by atoms with Crippen LogP contribution in [0.4, 0.5) is 23.2 Å². The third-order valence-corrected chi connectivity index (χ3v) is 6.58. The van der Waals surface area contributed by atoms with Crippen LogP contribution in [0.5, 0.6) is 23.0 Å². The SMILES string of the molecule is COc1ccc(Oc2c(C(F)(F)F)oc3c(CN4CCN(c5ccc(F)cc5)CC4)c(O)ccc3c2=O)cc1. The van der Waals surface area contributed by atoms with E-state index in [9.17, 15) is 27.5 Å². The smallest absolute Gasteiger partial charge is 0.453 e. The summed E-state index contributed by atoms with van der Waals surface area (Å²) in [7, 11) is 1.44. The lowest BCUT2D eigenvalue weighted by molar-refractivity contribution is -0.154. The number of anilines is 1. The van der Waals surface area contributed by atoms with Gasteiger partial charge in [0.2, 0.25) is 11.2 Å². The first-order valence-electron chi connectivity index (χ1n) is 12.1. The molecule has 0 atom stereocenters. The van der Waals surface area contributed by atoms with E-state index in [-0.39, 0.29) is 40.4 Å². The molecule has 0 saturated carbocycles. The van der Waals surface area contributed by atoms with Crippen LogP contribution < -0.4 is 19.8 Å². The average molecular weight is 545 g/mol. The number of ether oxygens (including phenoxy) is 2. The van der Waals surface area contributed by atoms with Crippen molar-refractivity contribution in [3.05, 3.63) is 88.0 Å². The fourth-order valence-corrected chi connectivity index (χ4v) is 4.52. The molecule has 1 fully saturated rings. The van der Waals surface area contributed by atoms with E-state index in [1.807, 2.05) is 4.90 Å². The van der Waals surface area contributed by atoms with E-state index in [0.717, 1.165) is 5.69 Å². The molecule has 0 unspecified atom stereocenters. The first-order valence-corrected chi connectivity index (χ1v) is 12.1. The highest BCUT2D eigenvalue weighted by molar-refractivity contribution is 5.83. The maximum atomic E-state index is 14.1. The molecule has 0 bridgehead atoms. The van der Waals surface area contributed by atoms with Crippen LogP contribution in [0.2, 0.25) is 0 Å². The normalized spacial score (nSPS) is 14.5. The topological polar surface area (TPSA) is 75.4 Å². The lowest BCUT2D eigenvalue weighted by atomic mass is 10.1. The van der Waals surface area contributed by atoms with Crippen molar-refractivity contribution in [3.63, 3.8) is 0 Å². The van der Waals surface area contributed by atoms with Gasteiger partial charge in [-0.1, -0.05) is 0 Å². The number of hydrogen-bond donors (Lipinski definition) is 1. The van der Waals surface area contributed by atoms with Crippen LogP contribution in [0.25, 0.3) is 11.0 Å². The van der Waals surface area contributed by atoms with Gasteiger partial charge in [-0.25, -0.2) is 4.39 Å². The first-order chi connectivity index (χ1) is 18.6. The van der Waals surface area contributed by atoms with Crippen LogP contribution in [-0.4, -0.2) is 43.3 Å². The monoisotopic (exact) mass is 544 g/mol. The molecule has 39 heavy (non-hydrogen) atoms. The van der Waals surface area contributed by atoms with Gasteiger partial charge in [0.15, 0.2) is 0 Å². The molecular weight excluding hydrogens is 520 g/mol. The van der Waals surface area contributed by atoms with E-state index in [1.54, 1.807) is 12.1 Å². The Morgan fingerprint density at radius 2 is 1.56 bits per heavy atom. The molecule has 3 aromatic carbocycles. The molecule has 1 saturated heterocycles. The maximum absolute atomic E-state index is 14.1. The lowest BCUT2D eigenvalue weighted by Gasteiger charge is -2.36. The largest absolute Gasteiger partial charge is 0.507 e. The molecule has 1 aliphatic rings. The second-order valence-electron chi connectivity index (χ2n) is 9.04. The lowest BCUT2D eigenvalue weighted by Crippen LogP contribution is -2.46. The highest BCUT2D eigenvalue weighted by Gasteiger charge is 2.41. The predicted octanol–water partition coefficient (Wildman–Crippen LogP) is 5.78. The van der Waals surface area contributed by atoms with Crippen molar-refractivity contribution in [1.82, 2.24) is 4.90 Å². The van der Waals surface area contributed by atoms with Crippen LogP contribution in [0, 0.1) is 5.82 Å². The van der Waals surface area contributed by atoms with E-state index >= 15 is 0 Å². The van der Waals surface area contributed by atoms with Gasteiger partial charge in [-0.15, -0.1) is 0 Å². The predicted molar refractivity (Wildman–Crippen MR) is 136 cm³/mol. The van der Waals surface area contributed by atoms with Crippen molar-refractivity contribution in [1.29, 1.82) is 0 Å². The second kappa shape index (κ2) is 10.5. The van der Waals surface area contributed by atoms with Crippen LogP contribution in [0.15, 0.2) is 69.9 Å². The Labute approximate surface area is 220 Å². The molecule has 11 heteroatoms. The Kier molecular flexibility index (Phi) is 7.09. The number of methoxy groups -OCH3 is 1. The van der Waals surface area contributed by atoms with Gasteiger partial charge in [-0.2, -0.15) is 13.2 Å². The average Bonchev–Trinajstić information content (AvgIpc) is 2.92. The van der Waals surface area contributed by atoms with Crippen LogP contribution >= 0.6 is 0 Å². The van der Waals surface area contributed by atoms with Crippen LogP contribution in [-0.2, 0) is 12.7 Å². The van der Waals surface area contributed by atoms with Crippen molar-refractivity contribution in [2.75, 3.05) is 38.2 Å². The molecule has 0 amide bonds. The van der Waals surface area contributed by atoms with Crippen molar-refractivity contribution in [3.8, 4) is 23.0 Å². The van der Waals surface area contributed by atoms with Gasteiger partial charge in [0.25, 0.3) is 5.76 Å². The van der Waals surface area contributed by atoms with Gasteiger partial charge >= 0.3 is 6.18 Å². The molecule has 0 aliphatic carbocycles. The summed E-state index contributed by atoms with van der Waals surface area (Å²) in [5.74, 6) is -2.76. The van der Waals surface area contributed by atoms with E-state index in [0.29, 0.717) is 31.9 Å². The standard InChI is InChI=1S/C28H24F4N2O5/c1-37-19-6-8-20(9-7-19)38-26-24(36)21-10-11-23(35)22(25(21)39-27(26)28(30,31)32)16-33-12-14-34(15-13-33)18-4-2-17(29)3-5-18/h2-11,35H,12-16H2,1H3. The van der Waals surface area contributed by atoms with Crippen molar-refractivity contribution < 1.29 is 36.6 Å². The number of aromatic hydroxyl groups is 1. The van der Waals surface area contributed by atoms with Gasteiger partial charge in [0.05, 0.1) is 18.1 Å². The minimum absolute atomic E-state index is 0.00835. The zero-order valence-electron chi connectivity index (χ0n) is 20.8. The van der Waals surface area contributed by atoms with Gasteiger partial charge in [-0.3, -0.25) is 9.69 Å². The number of phenolic OH excluding ortho intramolecular Hbond substituents is 1. The fraction of sp³-hybridized carbons (Fsp3) is 0.250. The Bertz CT molecular complexity index is 1530. The number of benzene rings is 3. The quantitative estimate of drug-likeness (QED) is 0.309. The second-order valence-corrected chi connectivity index (χ2v) is 9.04. The molecular formula is C28H24F4N2O5.